The van der Waals surface area contributed by atoms with Crippen molar-refractivity contribution in [2.45, 2.75) is 38.8 Å². The Hall–Kier alpha value is -1.55. The molecule has 1 N–H and O–H groups in total. The van der Waals surface area contributed by atoms with Crippen molar-refractivity contribution in [3.05, 3.63) is 42.6 Å². The SMILES string of the molecule is CC(CCc1ccco1)NCCCn1cccn1. The summed E-state index contributed by atoms with van der Waals surface area (Å²) in [6, 6.07) is 6.45. The Labute approximate surface area is 108 Å². The van der Waals surface area contributed by atoms with E-state index in [9.17, 15) is 0 Å². The van der Waals surface area contributed by atoms with Gasteiger partial charge in [0.25, 0.3) is 0 Å². The Balaban J connectivity index is 1.53. The molecule has 98 valence electrons. The van der Waals surface area contributed by atoms with Gasteiger partial charge in [-0.25, -0.2) is 0 Å². The summed E-state index contributed by atoms with van der Waals surface area (Å²) in [5.74, 6) is 1.07. The van der Waals surface area contributed by atoms with Crippen LogP contribution < -0.4 is 5.32 Å². The molecule has 1 atom stereocenters. The van der Waals surface area contributed by atoms with E-state index in [4.69, 9.17) is 4.42 Å². The van der Waals surface area contributed by atoms with Gasteiger partial charge in [-0.1, -0.05) is 0 Å². The molecule has 0 amide bonds. The number of nitrogens with zero attached hydrogens (tertiary/aromatic N) is 2. The first-order valence-corrected chi connectivity index (χ1v) is 6.58. The number of hydrogen-bond donors (Lipinski definition) is 1. The van der Waals surface area contributed by atoms with Crippen LogP contribution in [0.2, 0.25) is 0 Å². The van der Waals surface area contributed by atoms with Crippen LogP contribution in [0.15, 0.2) is 41.3 Å². The van der Waals surface area contributed by atoms with Crippen molar-refractivity contribution in [3.63, 3.8) is 0 Å². The number of nitrogens with one attached hydrogen (secondary N) is 1. The van der Waals surface area contributed by atoms with E-state index in [1.165, 1.54) is 0 Å². The van der Waals surface area contributed by atoms with E-state index in [1.807, 2.05) is 35.3 Å². The molecule has 2 rings (SSSR count). The smallest absolute Gasteiger partial charge is 0.103 e. The minimum Gasteiger partial charge on any atom is -0.469 e. The van der Waals surface area contributed by atoms with Gasteiger partial charge in [0.05, 0.1) is 6.26 Å². The molecule has 0 bridgehead atoms. The molecule has 0 saturated heterocycles. The standard InChI is InChI=1S/C14H21N3O/c1-13(6-7-14-5-2-12-18-14)15-8-3-10-17-11-4-9-16-17/h2,4-5,9,11-13,15H,3,6-8,10H2,1H3. The first-order chi connectivity index (χ1) is 8.84. The van der Waals surface area contributed by atoms with Crippen LogP contribution in [0.3, 0.4) is 0 Å². The number of aryl methyl sites for hydroxylation is 2. The molecular formula is C14H21N3O. The monoisotopic (exact) mass is 247 g/mol. The Kier molecular flexibility index (Phi) is 5.02. The van der Waals surface area contributed by atoms with Gasteiger partial charge in [-0.15, -0.1) is 0 Å². The molecule has 2 aromatic rings. The fourth-order valence-electron chi connectivity index (χ4n) is 1.94. The lowest BCUT2D eigenvalue weighted by molar-refractivity contribution is 0.448. The van der Waals surface area contributed by atoms with E-state index < -0.39 is 0 Å². The summed E-state index contributed by atoms with van der Waals surface area (Å²) in [4.78, 5) is 0. The summed E-state index contributed by atoms with van der Waals surface area (Å²) in [5.41, 5.74) is 0. The van der Waals surface area contributed by atoms with E-state index >= 15 is 0 Å². The highest BCUT2D eigenvalue weighted by molar-refractivity contribution is 4.98. The predicted molar refractivity (Wildman–Crippen MR) is 71.3 cm³/mol. The molecule has 0 radical (unpaired) electrons. The molecule has 4 nitrogen and oxygen atoms in total. The van der Waals surface area contributed by atoms with Crippen LogP contribution in [0.1, 0.15) is 25.5 Å². The van der Waals surface area contributed by atoms with E-state index in [0.717, 1.165) is 38.1 Å². The third-order valence-corrected chi connectivity index (χ3v) is 3.02. The van der Waals surface area contributed by atoms with Gasteiger partial charge in [0.1, 0.15) is 5.76 Å². The molecule has 0 aliphatic heterocycles. The van der Waals surface area contributed by atoms with E-state index in [1.54, 1.807) is 6.26 Å². The zero-order chi connectivity index (χ0) is 12.6. The molecule has 0 aliphatic rings. The third-order valence-electron chi connectivity index (χ3n) is 3.02. The van der Waals surface area contributed by atoms with Crippen LogP contribution >= 0.6 is 0 Å². The van der Waals surface area contributed by atoms with Gasteiger partial charge in [-0.05, 0) is 44.5 Å². The highest BCUT2D eigenvalue weighted by Crippen LogP contribution is 2.05. The van der Waals surface area contributed by atoms with E-state index in [0.29, 0.717) is 6.04 Å². The average molecular weight is 247 g/mol. The maximum Gasteiger partial charge on any atom is 0.103 e. The molecule has 2 heterocycles. The second-order valence-electron chi connectivity index (χ2n) is 4.60. The lowest BCUT2D eigenvalue weighted by Gasteiger charge is -2.12. The van der Waals surface area contributed by atoms with Crippen molar-refractivity contribution in [1.29, 1.82) is 0 Å². The Morgan fingerprint density at radius 2 is 2.39 bits per heavy atom. The van der Waals surface area contributed by atoms with Gasteiger partial charge in [0, 0.05) is 31.4 Å². The molecule has 4 heteroatoms. The average Bonchev–Trinajstić information content (AvgIpc) is 3.04. The van der Waals surface area contributed by atoms with Crippen molar-refractivity contribution in [2.24, 2.45) is 0 Å². The zero-order valence-electron chi connectivity index (χ0n) is 10.9. The van der Waals surface area contributed by atoms with Crippen molar-refractivity contribution in [3.8, 4) is 0 Å². The second-order valence-corrected chi connectivity index (χ2v) is 4.60. The fourth-order valence-corrected chi connectivity index (χ4v) is 1.94. The molecule has 0 fully saturated rings. The van der Waals surface area contributed by atoms with Gasteiger partial charge >= 0.3 is 0 Å². The first kappa shape index (κ1) is 12.9. The molecular weight excluding hydrogens is 226 g/mol. The summed E-state index contributed by atoms with van der Waals surface area (Å²) in [6.07, 6.45) is 8.76. The van der Waals surface area contributed by atoms with Gasteiger partial charge in [0.15, 0.2) is 0 Å². The molecule has 1 unspecified atom stereocenters. The summed E-state index contributed by atoms with van der Waals surface area (Å²) in [5, 5.41) is 7.70. The predicted octanol–water partition coefficient (Wildman–Crippen LogP) is 2.48. The van der Waals surface area contributed by atoms with Crippen LogP contribution in [-0.4, -0.2) is 22.4 Å². The van der Waals surface area contributed by atoms with Gasteiger partial charge in [-0.3, -0.25) is 4.68 Å². The van der Waals surface area contributed by atoms with Gasteiger partial charge in [0.2, 0.25) is 0 Å². The Morgan fingerprint density at radius 3 is 3.11 bits per heavy atom. The third kappa shape index (κ3) is 4.37. The zero-order valence-corrected chi connectivity index (χ0v) is 10.9. The summed E-state index contributed by atoms with van der Waals surface area (Å²) < 4.78 is 7.29. The topological polar surface area (TPSA) is 43.0 Å². The van der Waals surface area contributed by atoms with Crippen LogP contribution in [-0.2, 0) is 13.0 Å². The number of rotatable bonds is 8. The summed E-state index contributed by atoms with van der Waals surface area (Å²) >= 11 is 0. The molecule has 0 aliphatic carbocycles. The molecule has 18 heavy (non-hydrogen) atoms. The summed E-state index contributed by atoms with van der Waals surface area (Å²) in [7, 11) is 0. The largest absolute Gasteiger partial charge is 0.469 e. The fraction of sp³-hybridized carbons (Fsp3) is 0.500. The van der Waals surface area contributed by atoms with E-state index in [-0.39, 0.29) is 0 Å². The van der Waals surface area contributed by atoms with Gasteiger partial charge < -0.3 is 9.73 Å². The summed E-state index contributed by atoms with van der Waals surface area (Å²) in [6.45, 7) is 4.22. The minimum absolute atomic E-state index is 0.521. The van der Waals surface area contributed by atoms with Gasteiger partial charge in [-0.2, -0.15) is 5.10 Å². The number of hydrogen-bond acceptors (Lipinski definition) is 3. The molecule has 0 aromatic carbocycles. The van der Waals surface area contributed by atoms with Crippen molar-refractivity contribution < 1.29 is 4.42 Å². The molecule has 2 aromatic heterocycles. The first-order valence-electron chi connectivity index (χ1n) is 6.58. The van der Waals surface area contributed by atoms with E-state index in [2.05, 4.69) is 17.3 Å². The second kappa shape index (κ2) is 7.01. The molecule has 0 spiro atoms. The lowest BCUT2D eigenvalue weighted by atomic mass is 10.1. The Bertz CT molecular complexity index is 408. The van der Waals surface area contributed by atoms with Crippen molar-refractivity contribution in [1.82, 2.24) is 15.1 Å². The van der Waals surface area contributed by atoms with Crippen LogP contribution in [0.5, 0.6) is 0 Å². The minimum atomic E-state index is 0.521. The van der Waals surface area contributed by atoms with Crippen LogP contribution in [0, 0.1) is 0 Å². The number of aromatic nitrogens is 2. The highest BCUT2D eigenvalue weighted by Gasteiger charge is 2.03. The Morgan fingerprint density at radius 1 is 1.44 bits per heavy atom. The number of furan rings is 1. The highest BCUT2D eigenvalue weighted by atomic mass is 16.3. The van der Waals surface area contributed by atoms with Crippen molar-refractivity contribution >= 4 is 0 Å². The maximum atomic E-state index is 5.32. The maximum absolute atomic E-state index is 5.32. The van der Waals surface area contributed by atoms with Crippen LogP contribution in [0.25, 0.3) is 0 Å². The van der Waals surface area contributed by atoms with Crippen LogP contribution in [0.4, 0.5) is 0 Å². The normalized spacial score (nSPS) is 12.7. The van der Waals surface area contributed by atoms with Crippen molar-refractivity contribution in [2.75, 3.05) is 6.54 Å². The quantitative estimate of drug-likeness (QED) is 0.729. The lowest BCUT2D eigenvalue weighted by Crippen LogP contribution is -2.28. The molecule has 0 saturated carbocycles.